The number of carbonyl (C=O) groups excluding carboxylic acids is 1. The van der Waals surface area contributed by atoms with Gasteiger partial charge in [-0.2, -0.15) is 0 Å². The van der Waals surface area contributed by atoms with E-state index >= 15 is 0 Å². The highest BCUT2D eigenvalue weighted by Gasteiger charge is 2.57. The normalized spacial score (nSPS) is 29.6. The van der Waals surface area contributed by atoms with Gasteiger partial charge < -0.3 is 24.3 Å². The Bertz CT molecular complexity index is 762. The number of nitrogens with zero attached hydrogens (tertiary/aromatic N) is 2. The Morgan fingerprint density at radius 3 is 2.24 bits per heavy atom. The summed E-state index contributed by atoms with van der Waals surface area (Å²) < 4.78 is 17.6. The summed E-state index contributed by atoms with van der Waals surface area (Å²) in [7, 11) is -0.393. The van der Waals surface area contributed by atoms with Gasteiger partial charge in [0, 0.05) is 42.6 Å². The van der Waals surface area contributed by atoms with Crippen molar-refractivity contribution in [2.24, 2.45) is 11.8 Å². The molecule has 7 nitrogen and oxygen atoms in total. The summed E-state index contributed by atoms with van der Waals surface area (Å²) in [6.45, 7) is 15.6. The average Bonchev–Trinajstić information content (AvgIpc) is 2.94. The Hall–Kier alpha value is -1.80. The van der Waals surface area contributed by atoms with Crippen LogP contribution in [0, 0.1) is 11.8 Å². The molecule has 4 rings (SSSR count). The van der Waals surface area contributed by atoms with E-state index in [1.807, 2.05) is 66.8 Å². The van der Waals surface area contributed by atoms with Crippen LogP contribution in [0.1, 0.15) is 48.5 Å². The molecule has 3 fully saturated rings. The molecule has 3 heterocycles. The highest BCUT2D eigenvalue weighted by atomic mass is 16.7. The lowest BCUT2D eigenvalue weighted by atomic mass is 9.80. The molecular weight excluding hydrogens is 369 g/mol. The minimum absolute atomic E-state index is 0.213. The van der Waals surface area contributed by atoms with Crippen LogP contribution in [0.5, 0.6) is 0 Å². The molecule has 0 bridgehead atoms. The summed E-state index contributed by atoms with van der Waals surface area (Å²) in [6, 6.07) is 4.27. The van der Waals surface area contributed by atoms with E-state index in [1.165, 1.54) is 0 Å². The molecule has 1 amide bonds. The molecule has 2 unspecified atom stereocenters. The number of hydrogen-bond acceptors (Lipinski definition) is 6. The van der Waals surface area contributed by atoms with Crippen molar-refractivity contribution in [2.75, 3.05) is 18.0 Å². The summed E-state index contributed by atoms with van der Waals surface area (Å²) in [5, 5.41) is 3.00. The molecule has 1 aromatic heterocycles. The van der Waals surface area contributed by atoms with Crippen LogP contribution >= 0.6 is 0 Å². The lowest BCUT2D eigenvalue weighted by Crippen LogP contribution is -2.41. The Kier molecular flexibility index (Phi) is 4.66. The number of nitrogens with one attached hydrogen (secondary N) is 1. The second-order valence-corrected chi connectivity index (χ2v) is 10.4. The van der Waals surface area contributed by atoms with Gasteiger partial charge >= 0.3 is 13.2 Å². The van der Waals surface area contributed by atoms with E-state index in [-0.39, 0.29) is 23.3 Å². The SMILES string of the molecule is CC(C)(C)OC(=O)NC1C2CN(c3ccc(B4OC(C)(C)C(C)(C)O4)cn3)C[C@H]21. The first-order valence-electron chi connectivity index (χ1n) is 10.4. The fourth-order valence-corrected chi connectivity index (χ4v) is 4.07. The van der Waals surface area contributed by atoms with E-state index in [4.69, 9.17) is 14.0 Å². The molecule has 2 saturated heterocycles. The van der Waals surface area contributed by atoms with Crippen LogP contribution in [-0.4, -0.2) is 54.1 Å². The van der Waals surface area contributed by atoms with Gasteiger partial charge in [-0.3, -0.25) is 0 Å². The van der Waals surface area contributed by atoms with Gasteiger partial charge in [0.25, 0.3) is 0 Å². The molecule has 0 radical (unpaired) electrons. The molecule has 29 heavy (non-hydrogen) atoms. The highest BCUT2D eigenvalue weighted by molar-refractivity contribution is 6.62. The van der Waals surface area contributed by atoms with Crippen LogP contribution in [0.25, 0.3) is 0 Å². The molecular formula is C21H32BN3O4. The van der Waals surface area contributed by atoms with Crippen LogP contribution in [0.3, 0.4) is 0 Å². The van der Waals surface area contributed by atoms with Gasteiger partial charge in [-0.1, -0.05) is 6.07 Å². The lowest BCUT2D eigenvalue weighted by molar-refractivity contribution is 0.00578. The van der Waals surface area contributed by atoms with Crippen molar-refractivity contribution in [1.82, 2.24) is 10.3 Å². The maximum atomic E-state index is 12.0. The zero-order chi connectivity index (χ0) is 21.2. The first kappa shape index (κ1) is 20.5. The van der Waals surface area contributed by atoms with Crippen molar-refractivity contribution in [1.29, 1.82) is 0 Å². The third kappa shape index (κ3) is 3.97. The molecule has 3 aliphatic rings. The number of amides is 1. The average molecular weight is 401 g/mol. The third-order valence-corrected chi connectivity index (χ3v) is 6.50. The van der Waals surface area contributed by atoms with Gasteiger partial charge in [-0.15, -0.1) is 0 Å². The Balaban J connectivity index is 1.31. The first-order valence-corrected chi connectivity index (χ1v) is 10.4. The Morgan fingerprint density at radius 2 is 1.76 bits per heavy atom. The summed E-state index contributed by atoms with van der Waals surface area (Å²) in [5.74, 6) is 1.88. The predicted octanol–water partition coefficient (Wildman–Crippen LogP) is 2.34. The molecule has 2 aliphatic heterocycles. The smallest absolute Gasteiger partial charge is 0.444 e. The van der Waals surface area contributed by atoms with E-state index in [2.05, 4.69) is 15.2 Å². The van der Waals surface area contributed by atoms with Gasteiger partial charge in [0.2, 0.25) is 0 Å². The minimum Gasteiger partial charge on any atom is -0.444 e. The van der Waals surface area contributed by atoms with E-state index in [0.717, 1.165) is 24.4 Å². The zero-order valence-electron chi connectivity index (χ0n) is 18.5. The molecule has 8 heteroatoms. The highest BCUT2D eigenvalue weighted by Crippen LogP contribution is 2.46. The van der Waals surface area contributed by atoms with Gasteiger partial charge in [0.15, 0.2) is 0 Å². The number of alkyl carbamates (subject to hydrolysis) is 1. The standard InChI is InChI=1S/C21H32BN3O4/c1-19(2,3)27-18(26)24-17-14-11-25(12-15(14)17)16-9-8-13(10-23-16)22-28-20(4,5)21(6,7)29-22/h8-10,14-15,17H,11-12H2,1-7H3,(H,24,26)/t14-,15?,17?/m1/s1. The van der Waals surface area contributed by atoms with Crippen LogP contribution in [-0.2, 0) is 14.0 Å². The van der Waals surface area contributed by atoms with Gasteiger partial charge in [-0.05, 0) is 54.5 Å². The van der Waals surface area contributed by atoms with Crippen molar-refractivity contribution < 1.29 is 18.8 Å². The van der Waals surface area contributed by atoms with Crippen LogP contribution in [0.2, 0.25) is 0 Å². The van der Waals surface area contributed by atoms with Crippen molar-refractivity contribution in [3.05, 3.63) is 18.3 Å². The Morgan fingerprint density at radius 1 is 1.17 bits per heavy atom. The number of carbonyl (C=O) groups is 1. The quantitative estimate of drug-likeness (QED) is 0.784. The van der Waals surface area contributed by atoms with Crippen LogP contribution in [0.4, 0.5) is 10.6 Å². The van der Waals surface area contributed by atoms with Crippen molar-refractivity contribution in [3.63, 3.8) is 0 Å². The molecule has 1 aromatic rings. The second kappa shape index (κ2) is 6.60. The summed E-state index contributed by atoms with van der Waals surface area (Å²) in [5.41, 5.74) is -0.254. The molecule has 158 valence electrons. The number of piperidine rings is 1. The molecule has 3 atom stereocenters. The number of rotatable bonds is 3. The van der Waals surface area contributed by atoms with Gasteiger partial charge in [0.1, 0.15) is 11.4 Å². The van der Waals surface area contributed by atoms with E-state index < -0.39 is 12.7 Å². The van der Waals surface area contributed by atoms with Crippen LogP contribution < -0.4 is 15.7 Å². The largest absolute Gasteiger partial charge is 0.496 e. The van der Waals surface area contributed by atoms with Crippen molar-refractivity contribution in [3.8, 4) is 0 Å². The summed E-state index contributed by atoms with van der Waals surface area (Å²) in [4.78, 5) is 18.9. The third-order valence-electron chi connectivity index (χ3n) is 6.50. The summed E-state index contributed by atoms with van der Waals surface area (Å²) in [6.07, 6.45) is 1.52. The molecule has 0 aromatic carbocycles. The predicted molar refractivity (Wildman–Crippen MR) is 112 cm³/mol. The number of ether oxygens (including phenoxy) is 1. The van der Waals surface area contributed by atoms with Gasteiger partial charge in [0.05, 0.1) is 11.2 Å². The van der Waals surface area contributed by atoms with Crippen molar-refractivity contribution >= 4 is 24.5 Å². The maximum absolute atomic E-state index is 12.0. The minimum atomic E-state index is -0.469. The molecule has 0 spiro atoms. The molecule has 1 saturated carbocycles. The summed E-state index contributed by atoms with van der Waals surface area (Å²) >= 11 is 0. The maximum Gasteiger partial charge on any atom is 0.496 e. The first-order chi connectivity index (χ1) is 13.4. The number of aromatic nitrogens is 1. The monoisotopic (exact) mass is 401 g/mol. The van der Waals surface area contributed by atoms with Crippen LogP contribution in [0.15, 0.2) is 18.3 Å². The van der Waals surface area contributed by atoms with Gasteiger partial charge in [-0.25, -0.2) is 9.78 Å². The number of fused-ring (bicyclic) bond motifs is 1. The number of pyridine rings is 1. The van der Waals surface area contributed by atoms with E-state index in [9.17, 15) is 4.79 Å². The molecule has 1 N–H and O–H groups in total. The number of anilines is 1. The Labute approximate surface area is 173 Å². The number of hydrogen-bond donors (Lipinski definition) is 1. The fourth-order valence-electron chi connectivity index (χ4n) is 4.07. The lowest BCUT2D eigenvalue weighted by Gasteiger charge is -2.32. The second-order valence-electron chi connectivity index (χ2n) is 10.4. The zero-order valence-corrected chi connectivity index (χ0v) is 18.5. The fraction of sp³-hybridized carbons (Fsp3) is 0.714. The van der Waals surface area contributed by atoms with E-state index in [0.29, 0.717) is 11.8 Å². The molecule has 1 aliphatic carbocycles. The topological polar surface area (TPSA) is 72.9 Å². The van der Waals surface area contributed by atoms with E-state index in [1.54, 1.807) is 0 Å². The van der Waals surface area contributed by atoms with Crippen molar-refractivity contribution in [2.45, 2.75) is 71.3 Å².